The van der Waals surface area contributed by atoms with Crippen molar-refractivity contribution < 1.29 is 92.2 Å². The Kier molecular flexibility index (Phi) is 26.1. The molecule has 2 unspecified atom stereocenters. The molecule has 0 rings (SSSR count). The van der Waals surface area contributed by atoms with Gasteiger partial charge in [-0.15, -0.1) is 0 Å². The summed E-state index contributed by atoms with van der Waals surface area (Å²) in [6.45, 7) is 13.5. The summed E-state index contributed by atoms with van der Waals surface area (Å²) in [5.41, 5.74) is -0.917. The smallest absolute Gasteiger partial charge is 0.398 e. The molecule has 0 radical (unpaired) electrons. The number of aliphatic carboxylic acids is 2. The molecule has 15 heteroatoms. The van der Waals surface area contributed by atoms with Crippen molar-refractivity contribution in [2.24, 2.45) is 11.8 Å². The Labute approximate surface area is 244 Å². The van der Waals surface area contributed by atoms with Crippen molar-refractivity contribution in [2.75, 3.05) is 0 Å². The first-order valence-corrected chi connectivity index (χ1v) is 11.8. The van der Waals surface area contributed by atoms with E-state index in [9.17, 15) is 45.5 Å². The number of Topliss-reactive ketones (excluding diaryl/α,β-unsaturated/α-hetero) is 2. The van der Waals surface area contributed by atoms with Crippen molar-refractivity contribution in [2.45, 2.75) is 117 Å². The summed E-state index contributed by atoms with van der Waals surface area (Å²) in [4.78, 5) is 41.4. The number of aliphatic hydroxyl groups is 2. The van der Waals surface area contributed by atoms with Gasteiger partial charge in [0.25, 0.3) is 0 Å². The second kappa shape index (κ2) is 21.4. The Morgan fingerprint density at radius 2 is 0.769 bits per heavy atom. The largest absolute Gasteiger partial charge is 0.481 e. The van der Waals surface area contributed by atoms with Gasteiger partial charge in [0.15, 0.2) is 11.6 Å². The first-order chi connectivity index (χ1) is 16.7. The van der Waals surface area contributed by atoms with Crippen molar-refractivity contribution >= 4 is 23.5 Å². The molecule has 0 aliphatic carbocycles. The van der Waals surface area contributed by atoms with Crippen molar-refractivity contribution in [3.05, 3.63) is 0 Å². The molecule has 0 heterocycles. The quantitative estimate of drug-likeness (QED) is 0.175. The molecule has 0 fully saturated rings. The minimum Gasteiger partial charge on any atom is -0.481 e. The number of halogens is 6. The molecule has 0 aromatic heterocycles. The van der Waals surface area contributed by atoms with Crippen LogP contribution in [-0.2, 0) is 45.4 Å². The molecule has 0 saturated heterocycles. The summed E-state index contributed by atoms with van der Waals surface area (Å²) in [5.74, 6) is -9.95. The number of carbonyl (C=O) groups excluding carboxylic acids is 2. The van der Waals surface area contributed by atoms with E-state index in [4.69, 9.17) is 20.4 Å². The van der Waals surface area contributed by atoms with Crippen LogP contribution in [0.2, 0.25) is 0 Å². The SMILES string of the molecule is CCC(C(=O)CC(=O)O)C(F)(F)F.CCC(C(=O)CC(=O)O)C(F)(F)F.CCC(C)(C)O.CCC(C)(C)O.[Zr]. The molecule has 0 aromatic carbocycles. The Hall–Kier alpha value is -1.34. The predicted molar refractivity (Wildman–Crippen MR) is 127 cm³/mol. The zero-order valence-corrected chi connectivity index (χ0v) is 26.0. The minimum absolute atomic E-state index is 0. The van der Waals surface area contributed by atoms with E-state index in [0.717, 1.165) is 12.8 Å². The molecule has 4 N–H and O–H groups in total. The Balaban J connectivity index is -0.000000139. The summed E-state index contributed by atoms with van der Waals surface area (Å²) in [6, 6.07) is 0. The average molecular weight is 664 g/mol. The van der Waals surface area contributed by atoms with Gasteiger partial charge in [0.1, 0.15) is 24.7 Å². The summed E-state index contributed by atoms with van der Waals surface area (Å²) in [5, 5.41) is 33.9. The number of carboxylic acids is 2. The molecular formula is C24H42F6O8Zr. The van der Waals surface area contributed by atoms with E-state index in [2.05, 4.69) is 0 Å². The number of hydrogen-bond donors (Lipinski definition) is 4. The second-order valence-electron chi connectivity index (χ2n) is 9.41. The Morgan fingerprint density at radius 3 is 0.846 bits per heavy atom. The first-order valence-electron chi connectivity index (χ1n) is 11.8. The topological polar surface area (TPSA) is 149 Å². The van der Waals surface area contributed by atoms with Crippen LogP contribution in [0, 0.1) is 11.8 Å². The molecule has 8 nitrogen and oxygen atoms in total. The van der Waals surface area contributed by atoms with Gasteiger partial charge in [0.2, 0.25) is 0 Å². The van der Waals surface area contributed by atoms with E-state index >= 15 is 0 Å². The standard InChI is InChI=1S/2C7H9F3O3.2C5H12O.Zr/c2*1-2-4(7(8,9)10)5(11)3-6(12)13;2*1-4-5(2,3)6;/h2*4H,2-3H2,1H3,(H,12,13);2*6H,4H2,1-3H3;. The van der Waals surface area contributed by atoms with Crippen LogP contribution >= 0.6 is 0 Å². The molecule has 0 spiro atoms. The van der Waals surface area contributed by atoms with Crippen molar-refractivity contribution in [1.82, 2.24) is 0 Å². The van der Waals surface area contributed by atoms with Crippen LogP contribution in [0.4, 0.5) is 26.3 Å². The van der Waals surface area contributed by atoms with Crippen LogP contribution in [0.3, 0.4) is 0 Å². The van der Waals surface area contributed by atoms with E-state index in [1.807, 2.05) is 13.8 Å². The zero-order valence-electron chi connectivity index (χ0n) is 23.6. The number of rotatable bonds is 10. The van der Waals surface area contributed by atoms with Crippen molar-refractivity contribution in [3.8, 4) is 0 Å². The van der Waals surface area contributed by atoms with Gasteiger partial charge < -0.3 is 20.4 Å². The monoisotopic (exact) mass is 662 g/mol. The van der Waals surface area contributed by atoms with Gasteiger partial charge in [0.05, 0.1) is 11.2 Å². The van der Waals surface area contributed by atoms with E-state index in [1.165, 1.54) is 13.8 Å². The Bertz CT molecular complexity index is 651. The van der Waals surface area contributed by atoms with Crippen LogP contribution < -0.4 is 0 Å². The number of ketones is 2. The second-order valence-corrected chi connectivity index (χ2v) is 9.41. The molecule has 0 bridgehead atoms. The third-order valence-corrected chi connectivity index (χ3v) is 4.77. The molecule has 39 heavy (non-hydrogen) atoms. The fraction of sp³-hybridized carbons (Fsp3) is 0.833. The van der Waals surface area contributed by atoms with E-state index in [-0.39, 0.29) is 26.2 Å². The molecule has 2 atom stereocenters. The first kappa shape index (κ1) is 47.5. The molecule has 232 valence electrons. The van der Waals surface area contributed by atoms with Gasteiger partial charge in [-0.25, -0.2) is 0 Å². The summed E-state index contributed by atoms with van der Waals surface area (Å²) in [6.07, 6.45) is -10.6. The maximum absolute atomic E-state index is 12.0. The maximum atomic E-state index is 12.0. The van der Waals surface area contributed by atoms with Crippen LogP contribution in [0.1, 0.15) is 93.9 Å². The van der Waals surface area contributed by atoms with Crippen LogP contribution in [-0.4, -0.2) is 67.5 Å². The van der Waals surface area contributed by atoms with Gasteiger partial charge in [-0.2, -0.15) is 26.3 Å². The van der Waals surface area contributed by atoms with E-state index < -0.39 is 84.6 Å². The number of carbonyl (C=O) groups is 4. The van der Waals surface area contributed by atoms with Gasteiger partial charge in [-0.05, 0) is 53.4 Å². The number of hydrogen-bond acceptors (Lipinski definition) is 6. The fourth-order valence-corrected chi connectivity index (χ4v) is 1.83. The molecule has 0 aromatic rings. The van der Waals surface area contributed by atoms with E-state index in [1.54, 1.807) is 27.7 Å². The van der Waals surface area contributed by atoms with E-state index in [0.29, 0.717) is 0 Å². The van der Waals surface area contributed by atoms with Crippen molar-refractivity contribution in [1.29, 1.82) is 0 Å². The van der Waals surface area contributed by atoms with Crippen LogP contribution in [0.15, 0.2) is 0 Å². The third kappa shape index (κ3) is 32.8. The summed E-state index contributed by atoms with van der Waals surface area (Å²) >= 11 is 0. The number of carboxylic acid groups (broad SMARTS) is 2. The van der Waals surface area contributed by atoms with Gasteiger partial charge in [-0.1, -0.05) is 27.7 Å². The number of alkyl halides is 6. The molecular weight excluding hydrogens is 621 g/mol. The average Bonchev–Trinajstić information content (AvgIpc) is 2.66. The van der Waals surface area contributed by atoms with Crippen LogP contribution in [0.5, 0.6) is 0 Å². The summed E-state index contributed by atoms with van der Waals surface area (Å²) < 4.78 is 72.0. The molecule has 0 aliphatic rings. The van der Waals surface area contributed by atoms with Crippen molar-refractivity contribution in [3.63, 3.8) is 0 Å². The van der Waals surface area contributed by atoms with Gasteiger partial charge in [0, 0.05) is 26.2 Å². The minimum atomic E-state index is -4.64. The Morgan fingerprint density at radius 1 is 0.590 bits per heavy atom. The molecule has 0 amide bonds. The predicted octanol–water partition coefficient (Wildman–Crippen LogP) is 5.57. The summed E-state index contributed by atoms with van der Waals surface area (Å²) in [7, 11) is 0. The zero-order chi connectivity index (χ0) is 31.7. The maximum Gasteiger partial charge on any atom is 0.398 e. The molecule has 0 saturated carbocycles. The molecule has 0 aliphatic heterocycles. The third-order valence-electron chi connectivity index (χ3n) is 4.77. The van der Waals surface area contributed by atoms with Gasteiger partial charge in [-0.3, -0.25) is 19.2 Å². The van der Waals surface area contributed by atoms with Gasteiger partial charge >= 0.3 is 24.3 Å². The normalized spacial score (nSPS) is 12.9. The van der Waals surface area contributed by atoms with Crippen LogP contribution in [0.25, 0.3) is 0 Å². The fourth-order valence-electron chi connectivity index (χ4n) is 1.83.